The highest BCUT2D eigenvalue weighted by Gasteiger charge is 2.37. The molecule has 0 bridgehead atoms. The first-order valence-corrected chi connectivity index (χ1v) is 6.07. The van der Waals surface area contributed by atoms with Crippen LogP contribution in [0.25, 0.3) is 0 Å². The lowest BCUT2D eigenvalue weighted by atomic mass is 10.2. The summed E-state index contributed by atoms with van der Waals surface area (Å²) in [5.74, 6) is 0.122. The number of nitrogens with one attached hydrogen (secondary N) is 1. The molecule has 1 rings (SSSR count). The Hall–Kier alpha value is -1.04. The van der Waals surface area contributed by atoms with E-state index in [0.717, 1.165) is 4.68 Å². The highest BCUT2D eigenvalue weighted by Crippen LogP contribution is 2.32. The van der Waals surface area contributed by atoms with E-state index in [9.17, 15) is 13.2 Å². The van der Waals surface area contributed by atoms with Crippen molar-refractivity contribution in [1.82, 2.24) is 15.1 Å². The number of rotatable bonds is 5. The maximum Gasteiger partial charge on any atom is 0.433 e. The highest BCUT2D eigenvalue weighted by molar-refractivity contribution is 5.21. The van der Waals surface area contributed by atoms with Crippen LogP contribution in [0.3, 0.4) is 0 Å². The zero-order valence-electron chi connectivity index (χ0n) is 11.2. The predicted octanol–water partition coefficient (Wildman–Crippen LogP) is 3.06. The lowest BCUT2D eigenvalue weighted by molar-refractivity contribution is -0.145. The number of aromatic nitrogens is 2. The summed E-state index contributed by atoms with van der Waals surface area (Å²) in [5, 5.41) is 6.84. The largest absolute Gasteiger partial charge is 0.433 e. The third-order valence-electron chi connectivity index (χ3n) is 2.42. The van der Waals surface area contributed by atoms with Gasteiger partial charge >= 0.3 is 6.18 Å². The molecule has 0 aliphatic rings. The fraction of sp³-hybridized carbons (Fsp3) is 0.750. The minimum atomic E-state index is -4.36. The average molecular weight is 263 g/mol. The maximum absolute atomic E-state index is 13.0. The number of hydrogen-bond acceptors (Lipinski definition) is 2. The van der Waals surface area contributed by atoms with Crippen LogP contribution in [0.5, 0.6) is 0 Å². The molecular weight excluding hydrogens is 243 g/mol. The van der Waals surface area contributed by atoms with Crippen LogP contribution >= 0.6 is 0 Å². The number of nitrogens with zero attached hydrogens (tertiary/aromatic N) is 2. The van der Waals surface area contributed by atoms with Crippen LogP contribution in [0, 0.1) is 5.92 Å². The minimum Gasteiger partial charge on any atom is -0.310 e. The highest BCUT2D eigenvalue weighted by atomic mass is 19.4. The molecule has 0 radical (unpaired) electrons. The molecule has 1 N–H and O–H groups in total. The first kappa shape index (κ1) is 15.0. The number of alkyl halides is 3. The molecule has 3 nitrogen and oxygen atoms in total. The van der Waals surface area contributed by atoms with Crippen molar-refractivity contribution < 1.29 is 13.2 Å². The van der Waals surface area contributed by atoms with E-state index in [4.69, 9.17) is 0 Å². The van der Waals surface area contributed by atoms with Gasteiger partial charge in [0.25, 0.3) is 0 Å². The molecule has 0 saturated heterocycles. The van der Waals surface area contributed by atoms with Crippen LogP contribution in [0.1, 0.15) is 39.0 Å². The molecule has 1 aromatic rings. The van der Waals surface area contributed by atoms with Gasteiger partial charge in [0.1, 0.15) is 5.69 Å². The van der Waals surface area contributed by atoms with Crippen molar-refractivity contribution in [2.45, 2.75) is 53.0 Å². The van der Waals surface area contributed by atoms with Gasteiger partial charge in [0, 0.05) is 24.7 Å². The Balaban J connectivity index is 3.00. The van der Waals surface area contributed by atoms with Gasteiger partial charge in [0.15, 0.2) is 0 Å². The summed E-state index contributed by atoms with van der Waals surface area (Å²) in [6, 6.07) is 0.138. The van der Waals surface area contributed by atoms with Gasteiger partial charge in [-0.2, -0.15) is 18.3 Å². The Morgan fingerprint density at radius 2 is 1.89 bits per heavy atom. The Morgan fingerprint density at radius 3 is 2.33 bits per heavy atom. The third-order valence-corrected chi connectivity index (χ3v) is 2.42. The van der Waals surface area contributed by atoms with E-state index < -0.39 is 11.9 Å². The van der Waals surface area contributed by atoms with E-state index in [1.807, 2.05) is 27.7 Å². The topological polar surface area (TPSA) is 29.9 Å². The second-order valence-corrected chi connectivity index (χ2v) is 5.13. The summed E-state index contributed by atoms with van der Waals surface area (Å²) in [6.45, 7) is 7.99. The van der Waals surface area contributed by atoms with Gasteiger partial charge in [-0.05, 0) is 5.92 Å². The van der Waals surface area contributed by atoms with Crippen LogP contribution < -0.4 is 5.32 Å². The summed E-state index contributed by atoms with van der Waals surface area (Å²) in [6.07, 6.45) is -3.06. The van der Waals surface area contributed by atoms with Crippen molar-refractivity contribution in [2.75, 3.05) is 0 Å². The zero-order chi connectivity index (χ0) is 13.9. The normalized spacial score (nSPS) is 12.7. The standard InChI is InChI=1S/C12H20F3N3/c1-8(2)7-18-11(12(13,14)15)10(6-17-18)5-16-9(3)4/h6,8-9,16H,5,7H2,1-4H3. The maximum atomic E-state index is 13.0. The number of hydrogen-bond donors (Lipinski definition) is 1. The molecule has 0 spiro atoms. The van der Waals surface area contributed by atoms with Gasteiger partial charge in [0.2, 0.25) is 0 Å². The van der Waals surface area contributed by atoms with E-state index >= 15 is 0 Å². The lowest BCUT2D eigenvalue weighted by Gasteiger charge is -2.15. The lowest BCUT2D eigenvalue weighted by Crippen LogP contribution is -2.25. The molecule has 0 fully saturated rings. The van der Waals surface area contributed by atoms with Crippen LogP contribution in [-0.2, 0) is 19.3 Å². The second-order valence-electron chi connectivity index (χ2n) is 5.13. The average Bonchev–Trinajstić information content (AvgIpc) is 2.56. The van der Waals surface area contributed by atoms with Gasteiger partial charge < -0.3 is 5.32 Å². The van der Waals surface area contributed by atoms with Crippen molar-refractivity contribution >= 4 is 0 Å². The second kappa shape index (κ2) is 5.73. The molecule has 104 valence electrons. The Kier molecular flexibility index (Phi) is 4.78. The van der Waals surface area contributed by atoms with Crippen LogP contribution in [0.15, 0.2) is 6.20 Å². The first-order valence-electron chi connectivity index (χ1n) is 6.07. The molecule has 1 heterocycles. The van der Waals surface area contributed by atoms with E-state index in [2.05, 4.69) is 10.4 Å². The van der Waals surface area contributed by atoms with Gasteiger partial charge in [-0.25, -0.2) is 0 Å². The summed E-state index contributed by atoms with van der Waals surface area (Å²) < 4.78 is 40.1. The molecule has 18 heavy (non-hydrogen) atoms. The SMILES string of the molecule is CC(C)Cn1ncc(CNC(C)C)c1C(F)(F)F. The van der Waals surface area contributed by atoms with E-state index in [1.165, 1.54) is 6.20 Å². The quantitative estimate of drug-likeness (QED) is 0.884. The summed E-state index contributed by atoms with van der Waals surface area (Å²) in [7, 11) is 0. The Morgan fingerprint density at radius 1 is 1.28 bits per heavy atom. The van der Waals surface area contributed by atoms with E-state index in [1.54, 1.807) is 0 Å². The first-order chi connectivity index (χ1) is 8.21. The monoisotopic (exact) mass is 263 g/mol. The molecule has 0 aliphatic carbocycles. The molecule has 0 unspecified atom stereocenters. The molecule has 6 heteroatoms. The summed E-state index contributed by atoms with van der Waals surface area (Å²) in [5.41, 5.74) is -0.429. The molecule has 0 aliphatic heterocycles. The third kappa shape index (κ3) is 4.01. The van der Waals surface area contributed by atoms with Gasteiger partial charge in [-0.1, -0.05) is 27.7 Å². The van der Waals surface area contributed by atoms with Crippen molar-refractivity contribution in [3.05, 3.63) is 17.5 Å². The fourth-order valence-electron chi connectivity index (χ4n) is 1.68. The molecule has 0 saturated carbocycles. The van der Waals surface area contributed by atoms with Crippen molar-refractivity contribution in [3.63, 3.8) is 0 Å². The van der Waals surface area contributed by atoms with Crippen LogP contribution in [0.2, 0.25) is 0 Å². The van der Waals surface area contributed by atoms with Gasteiger partial charge in [0.05, 0.1) is 6.20 Å². The van der Waals surface area contributed by atoms with Crippen molar-refractivity contribution in [1.29, 1.82) is 0 Å². The predicted molar refractivity (Wildman–Crippen MR) is 64.0 cm³/mol. The molecule has 0 aromatic carbocycles. The smallest absolute Gasteiger partial charge is 0.310 e. The minimum absolute atomic E-state index is 0.122. The van der Waals surface area contributed by atoms with Gasteiger partial charge in [-0.3, -0.25) is 4.68 Å². The van der Waals surface area contributed by atoms with Crippen LogP contribution in [0.4, 0.5) is 13.2 Å². The Bertz CT molecular complexity index is 380. The summed E-state index contributed by atoms with van der Waals surface area (Å²) in [4.78, 5) is 0. The van der Waals surface area contributed by atoms with Crippen molar-refractivity contribution in [2.24, 2.45) is 5.92 Å². The van der Waals surface area contributed by atoms with Crippen LogP contribution in [-0.4, -0.2) is 15.8 Å². The molecule has 0 atom stereocenters. The van der Waals surface area contributed by atoms with Crippen molar-refractivity contribution in [3.8, 4) is 0 Å². The fourth-order valence-corrected chi connectivity index (χ4v) is 1.68. The zero-order valence-corrected chi connectivity index (χ0v) is 11.2. The Labute approximate surface area is 105 Å². The van der Waals surface area contributed by atoms with E-state index in [-0.39, 0.29) is 30.6 Å². The van der Waals surface area contributed by atoms with E-state index in [0.29, 0.717) is 0 Å². The molecular formula is C12H20F3N3. The van der Waals surface area contributed by atoms with Gasteiger partial charge in [-0.15, -0.1) is 0 Å². The number of halogens is 3. The molecule has 0 amide bonds. The molecule has 1 aromatic heterocycles. The summed E-state index contributed by atoms with van der Waals surface area (Å²) >= 11 is 0.